The van der Waals surface area contributed by atoms with Crippen LogP contribution in [0, 0.1) is 19.8 Å². The van der Waals surface area contributed by atoms with Gasteiger partial charge in [0.2, 0.25) is 11.8 Å². The van der Waals surface area contributed by atoms with Crippen molar-refractivity contribution in [1.29, 1.82) is 0 Å². The fraction of sp³-hybridized carbons (Fsp3) is 0.607. The highest BCUT2D eigenvalue weighted by molar-refractivity contribution is 5.92. The molecule has 0 aliphatic heterocycles. The molecule has 7 nitrogen and oxygen atoms in total. The molecule has 0 aliphatic rings. The van der Waals surface area contributed by atoms with Crippen molar-refractivity contribution in [2.24, 2.45) is 5.92 Å². The molecule has 0 radical (unpaired) electrons. The lowest BCUT2D eigenvalue weighted by Gasteiger charge is -2.35. The number of carbonyl (C=O) groups excluding carboxylic acids is 3. The molecule has 2 atom stereocenters. The molecule has 1 aromatic rings. The molecule has 0 bridgehead atoms. The van der Waals surface area contributed by atoms with Crippen LogP contribution in [0.25, 0.3) is 0 Å². The number of benzene rings is 1. The molecule has 0 spiro atoms. The standard InChI is InChI=1S/C28H45N3O4/c1-10-12-15-29-25(32)24(22-18-20(5)13-14-21(22)6)31(16-11-2)26(33)23(17-19(3)4)30-27(34)35-28(7,8)9/h11,13-14,18-19,23-24H,2,10,12,15-17H2,1,3-9H3,(H,29,32)(H,30,34). The molecule has 0 saturated heterocycles. The minimum absolute atomic E-state index is 0.127. The molecule has 2 unspecified atom stereocenters. The molecule has 0 heterocycles. The summed E-state index contributed by atoms with van der Waals surface area (Å²) < 4.78 is 5.41. The van der Waals surface area contributed by atoms with Crippen molar-refractivity contribution in [2.75, 3.05) is 13.1 Å². The van der Waals surface area contributed by atoms with E-state index in [2.05, 4.69) is 24.1 Å². The maximum Gasteiger partial charge on any atom is 0.408 e. The molecular formula is C28H45N3O4. The van der Waals surface area contributed by atoms with Gasteiger partial charge in [-0.2, -0.15) is 0 Å². The lowest BCUT2D eigenvalue weighted by Crippen LogP contribution is -2.53. The van der Waals surface area contributed by atoms with Crippen LogP contribution in [0.2, 0.25) is 0 Å². The van der Waals surface area contributed by atoms with E-state index >= 15 is 0 Å². The first kappa shape index (κ1) is 30.2. The first-order chi connectivity index (χ1) is 16.3. The van der Waals surface area contributed by atoms with Gasteiger partial charge in [0.1, 0.15) is 17.7 Å². The number of hydrogen-bond acceptors (Lipinski definition) is 4. The van der Waals surface area contributed by atoms with Crippen LogP contribution >= 0.6 is 0 Å². The van der Waals surface area contributed by atoms with Crippen molar-refractivity contribution in [3.05, 3.63) is 47.5 Å². The average molecular weight is 488 g/mol. The number of nitrogens with zero attached hydrogens (tertiary/aromatic N) is 1. The predicted octanol–water partition coefficient (Wildman–Crippen LogP) is 5.21. The van der Waals surface area contributed by atoms with Crippen molar-refractivity contribution < 1.29 is 19.1 Å². The third-order valence-electron chi connectivity index (χ3n) is 5.42. The molecule has 196 valence electrons. The molecule has 35 heavy (non-hydrogen) atoms. The van der Waals surface area contributed by atoms with E-state index in [1.54, 1.807) is 26.8 Å². The van der Waals surface area contributed by atoms with Gasteiger partial charge < -0.3 is 20.3 Å². The third kappa shape index (κ3) is 10.1. The molecular weight excluding hydrogens is 442 g/mol. The largest absolute Gasteiger partial charge is 0.444 e. The summed E-state index contributed by atoms with van der Waals surface area (Å²) in [7, 11) is 0. The van der Waals surface area contributed by atoms with Crippen LogP contribution in [0.4, 0.5) is 4.79 Å². The smallest absolute Gasteiger partial charge is 0.408 e. The Morgan fingerprint density at radius 1 is 1.17 bits per heavy atom. The minimum Gasteiger partial charge on any atom is -0.444 e. The second-order valence-corrected chi connectivity index (χ2v) is 10.5. The minimum atomic E-state index is -0.854. The van der Waals surface area contributed by atoms with E-state index in [4.69, 9.17) is 4.74 Å². The monoisotopic (exact) mass is 487 g/mol. The van der Waals surface area contributed by atoms with Crippen LogP contribution in [0.5, 0.6) is 0 Å². The summed E-state index contributed by atoms with van der Waals surface area (Å²) in [6.07, 6.45) is 3.14. The summed E-state index contributed by atoms with van der Waals surface area (Å²) in [5.74, 6) is -0.467. The number of alkyl carbamates (subject to hydrolysis) is 1. The van der Waals surface area contributed by atoms with Crippen LogP contribution in [0.1, 0.15) is 83.5 Å². The Balaban J connectivity index is 3.47. The summed E-state index contributed by atoms with van der Waals surface area (Å²) in [4.78, 5) is 41.5. The van der Waals surface area contributed by atoms with Crippen LogP contribution in [-0.2, 0) is 14.3 Å². The van der Waals surface area contributed by atoms with Crippen molar-refractivity contribution in [3.63, 3.8) is 0 Å². The number of ether oxygens (including phenoxy) is 1. The average Bonchev–Trinajstić information content (AvgIpc) is 2.73. The van der Waals surface area contributed by atoms with E-state index in [0.717, 1.165) is 29.5 Å². The summed E-state index contributed by atoms with van der Waals surface area (Å²) in [6.45, 7) is 19.7. The zero-order valence-corrected chi connectivity index (χ0v) is 22.9. The summed E-state index contributed by atoms with van der Waals surface area (Å²) in [5.41, 5.74) is 1.97. The molecule has 2 N–H and O–H groups in total. The van der Waals surface area contributed by atoms with Gasteiger partial charge in [-0.1, -0.05) is 57.0 Å². The first-order valence-corrected chi connectivity index (χ1v) is 12.6. The predicted molar refractivity (Wildman–Crippen MR) is 141 cm³/mol. The Morgan fingerprint density at radius 3 is 2.37 bits per heavy atom. The zero-order chi connectivity index (χ0) is 26.8. The summed E-state index contributed by atoms with van der Waals surface area (Å²) in [6, 6.07) is 4.18. The highest BCUT2D eigenvalue weighted by Gasteiger charge is 2.36. The van der Waals surface area contributed by atoms with E-state index < -0.39 is 23.8 Å². The molecule has 7 heteroatoms. The van der Waals surface area contributed by atoms with Crippen molar-refractivity contribution in [3.8, 4) is 0 Å². The van der Waals surface area contributed by atoms with Gasteiger partial charge in [-0.3, -0.25) is 9.59 Å². The van der Waals surface area contributed by atoms with Crippen molar-refractivity contribution in [2.45, 2.75) is 92.3 Å². The third-order valence-corrected chi connectivity index (χ3v) is 5.42. The number of hydrogen-bond donors (Lipinski definition) is 2. The molecule has 0 aliphatic carbocycles. The Kier molecular flexibility index (Phi) is 12.0. The van der Waals surface area contributed by atoms with Crippen LogP contribution in [0.15, 0.2) is 30.9 Å². The van der Waals surface area contributed by atoms with E-state index in [1.807, 2.05) is 45.9 Å². The SMILES string of the molecule is C=CCN(C(=O)C(CC(C)C)NC(=O)OC(C)(C)C)C(C(=O)NCCCC)c1cc(C)ccc1C. The lowest BCUT2D eigenvalue weighted by atomic mass is 9.95. The summed E-state index contributed by atoms with van der Waals surface area (Å²) in [5, 5.41) is 5.74. The normalized spacial score (nSPS) is 13.1. The molecule has 0 fully saturated rings. The second-order valence-electron chi connectivity index (χ2n) is 10.5. The van der Waals surface area contributed by atoms with E-state index in [9.17, 15) is 14.4 Å². The van der Waals surface area contributed by atoms with Gasteiger partial charge in [-0.05, 0) is 64.5 Å². The van der Waals surface area contributed by atoms with Gasteiger partial charge in [0.15, 0.2) is 0 Å². The van der Waals surface area contributed by atoms with Gasteiger partial charge in [0, 0.05) is 13.1 Å². The molecule has 1 aromatic carbocycles. The fourth-order valence-corrected chi connectivity index (χ4v) is 3.79. The number of rotatable bonds is 12. The maximum absolute atomic E-state index is 13.9. The highest BCUT2D eigenvalue weighted by atomic mass is 16.6. The highest BCUT2D eigenvalue weighted by Crippen LogP contribution is 2.27. The van der Waals surface area contributed by atoms with Gasteiger partial charge in [0.25, 0.3) is 0 Å². The number of aryl methyl sites for hydroxylation is 2. The maximum atomic E-state index is 13.9. The zero-order valence-electron chi connectivity index (χ0n) is 22.9. The summed E-state index contributed by atoms with van der Waals surface area (Å²) >= 11 is 0. The second kappa shape index (κ2) is 13.9. The van der Waals surface area contributed by atoms with Crippen LogP contribution in [-0.4, -0.2) is 47.5 Å². The Hall–Kier alpha value is -2.83. The molecule has 0 saturated carbocycles. The van der Waals surface area contributed by atoms with Crippen molar-refractivity contribution in [1.82, 2.24) is 15.5 Å². The topological polar surface area (TPSA) is 87.7 Å². The fourth-order valence-electron chi connectivity index (χ4n) is 3.79. The van der Waals surface area contributed by atoms with Gasteiger partial charge in [-0.25, -0.2) is 4.79 Å². The van der Waals surface area contributed by atoms with Gasteiger partial charge >= 0.3 is 6.09 Å². The molecule has 3 amide bonds. The number of amides is 3. The van der Waals surface area contributed by atoms with E-state index in [-0.39, 0.29) is 24.3 Å². The Morgan fingerprint density at radius 2 is 1.83 bits per heavy atom. The molecule has 0 aromatic heterocycles. The molecule has 1 rings (SSSR count). The number of carbonyl (C=O) groups is 3. The lowest BCUT2D eigenvalue weighted by molar-refractivity contribution is -0.142. The van der Waals surface area contributed by atoms with E-state index in [0.29, 0.717) is 13.0 Å². The first-order valence-electron chi connectivity index (χ1n) is 12.6. The van der Waals surface area contributed by atoms with Gasteiger partial charge in [0.05, 0.1) is 0 Å². The Bertz CT molecular complexity index is 873. The van der Waals surface area contributed by atoms with Crippen LogP contribution < -0.4 is 10.6 Å². The quantitative estimate of drug-likeness (QED) is 0.313. The number of unbranched alkanes of at least 4 members (excludes halogenated alkanes) is 1. The number of nitrogens with one attached hydrogen (secondary N) is 2. The van der Waals surface area contributed by atoms with Crippen molar-refractivity contribution >= 4 is 17.9 Å². The van der Waals surface area contributed by atoms with Gasteiger partial charge in [-0.15, -0.1) is 6.58 Å². The Labute approximate surface area is 211 Å². The van der Waals surface area contributed by atoms with Crippen LogP contribution in [0.3, 0.4) is 0 Å². The van der Waals surface area contributed by atoms with E-state index in [1.165, 1.54) is 4.90 Å².